The Morgan fingerprint density at radius 2 is 1.67 bits per heavy atom. The molecular weight excluding hydrogens is 341 g/mol. The number of carbonyl (C=O) groups excluding carboxylic acids is 1. The van der Waals surface area contributed by atoms with E-state index < -0.39 is 6.10 Å². The van der Waals surface area contributed by atoms with E-state index in [2.05, 4.69) is 29.2 Å². The van der Waals surface area contributed by atoms with E-state index in [0.29, 0.717) is 18.8 Å². The summed E-state index contributed by atoms with van der Waals surface area (Å²) in [6.45, 7) is 0.905. The molecule has 1 N–H and O–H groups in total. The molecule has 3 atom stereocenters. The number of hydrogen-bond acceptors (Lipinski definition) is 3. The lowest BCUT2D eigenvalue weighted by Gasteiger charge is -2.33. The first kappa shape index (κ1) is 19.7. The Hall–Kier alpha value is -2.04. The van der Waals surface area contributed by atoms with Crippen LogP contribution in [0.2, 0.25) is 0 Å². The van der Waals surface area contributed by atoms with Gasteiger partial charge >= 0.3 is 0 Å². The highest BCUT2D eigenvalue weighted by Crippen LogP contribution is 2.37. The van der Waals surface area contributed by atoms with Crippen LogP contribution < -0.4 is 0 Å². The molecule has 2 aromatic carbocycles. The minimum atomic E-state index is -0.581. The third-order valence-electron chi connectivity index (χ3n) is 5.47. The van der Waals surface area contributed by atoms with Crippen LogP contribution in [-0.4, -0.2) is 36.0 Å². The summed E-state index contributed by atoms with van der Waals surface area (Å²) in [6.07, 6.45) is 1.88. The Kier molecular flexibility index (Phi) is 6.40. The van der Waals surface area contributed by atoms with Crippen molar-refractivity contribution in [1.82, 2.24) is 4.90 Å². The number of ketones is 1. The molecule has 4 heteroatoms. The molecule has 1 aliphatic rings. The maximum absolute atomic E-state index is 13.1. The molecule has 0 spiro atoms. The van der Waals surface area contributed by atoms with Gasteiger partial charge in [0.15, 0.2) is 0 Å². The summed E-state index contributed by atoms with van der Waals surface area (Å²) in [6, 6.07) is 14.6. The van der Waals surface area contributed by atoms with Gasteiger partial charge in [0.25, 0.3) is 0 Å². The Labute approximate surface area is 160 Å². The minimum absolute atomic E-state index is 0.0445. The highest BCUT2D eigenvalue weighted by atomic mass is 19.1. The summed E-state index contributed by atoms with van der Waals surface area (Å²) < 4.78 is 13.1. The van der Waals surface area contributed by atoms with Crippen molar-refractivity contribution in [3.8, 4) is 0 Å². The highest BCUT2D eigenvalue weighted by Gasteiger charge is 2.34. The van der Waals surface area contributed by atoms with Crippen molar-refractivity contribution in [2.45, 2.75) is 44.2 Å². The van der Waals surface area contributed by atoms with Crippen LogP contribution in [0.25, 0.3) is 0 Å². The van der Waals surface area contributed by atoms with Crippen molar-refractivity contribution < 1.29 is 14.3 Å². The van der Waals surface area contributed by atoms with Gasteiger partial charge < -0.3 is 10.0 Å². The van der Waals surface area contributed by atoms with Gasteiger partial charge in [-0.1, -0.05) is 36.4 Å². The Morgan fingerprint density at radius 1 is 1.04 bits per heavy atom. The minimum Gasteiger partial charge on any atom is -0.392 e. The molecule has 3 nitrogen and oxygen atoms in total. The molecule has 27 heavy (non-hydrogen) atoms. The smallest absolute Gasteiger partial charge is 0.142 e. The van der Waals surface area contributed by atoms with Crippen molar-refractivity contribution in [3.05, 3.63) is 71.0 Å². The van der Waals surface area contributed by atoms with Crippen LogP contribution >= 0.6 is 0 Å². The maximum atomic E-state index is 13.1. The van der Waals surface area contributed by atoms with E-state index in [1.54, 1.807) is 12.1 Å². The Morgan fingerprint density at radius 3 is 2.30 bits per heavy atom. The lowest BCUT2D eigenvalue weighted by molar-refractivity contribution is -0.127. The number of nitrogens with zero attached hydrogens (tertiary/aromatic N) is 1. The molecule has 3 unspecified atom stereocenters. The van der Waals surface area contributed by atoms with Crippen LogP contribution in [0.5, 0.6) is 0 Å². The van der Waals surface area contributed by atoms with E-state index in [-0.39, 0.29) is 23.9 Å². The summed E-state index contributed by atoms with van der Waals surface area (Å²) in [7, 11) is 4.10. The van der Waals surface area contributed by atoms with Gasteiger partial charge in [-0.2, -0.15) is 0 Å². The number of halogens is 1. The third kappa shape index (κ3) is 5.24. The lowest BCUT2D eigenvalue weighted by Crippen LogP contribution is -2.35. The number of aliphatic hydroxyl groups excluding tert-OH is 1. The first-order chi connectivity index (χ1) is 12.9. The fourth-order valence-electron chi connectivity index (χ4n) is 4.00. The summed E-state index contributed by atoms with van der Waals surface area (Å²) in [4.78, 5) is 14.9. The second-order valence-electron chi connectivity index (χ2n) is 7.93. The van der Waals surface area contributed by atoms with Crippen molar-refractivity contribution in [3.63, 3.8) is 0 Å². The number of Topliss-reactive ketones (excluding diaryl/α,β-unsaturated/α-hetero) is 1. The molecule has 0 bridgehead atoms. The molecule has 3 rings (SSSR count). The van der Waals surface area contributed by atoms with Crippen LogP contribution in [0.3, 0.4) is 0 Å². The highest BCUT2D eigenvalue weighted by molar-refractivity contribution is 5.84. The standard InChI is InChI=1S/C23H28FNO2/c1-25(2)15-17-3-7-18(8-4-17)19-9-12-22(26)21(14-19)23(27)13-16-5-10-20(24)11-6-16/h3-8,10-11,19,21-22,26H,9,12-15H2,1-2H3. The van der Waals surface area contributed by atoms with Crippen molar-refractivity contribution in [1.29, 1.82) is 0 Å². The lowest BCUT2D eigenvalue weighted by atomic mass is 9.74. The Bertz CT molecular complexity index is 755. The van der Waals surface area contributed by atoms with Gasteiger partial charge in [-0.25, -0.2) is 4.39 Å². The molecule has 0 aromatic heterocycles. The zero-order valence-corrected chi connectivity index (χ0v) is 16.1. The summed E-state index contributed by atoms with van der Waals surface area (Å²) >= 11 is 0. The fraction of sp³-hybridized carbons (Fsp3) is 0.435. The van der Waals surface area contributed by atoms with Gasteiger partial charge in [-0.15, -0.1) is 0 Å². The van der Waals surface area contributed by atoms with Gasteiger partial charge in [-0.05, 0) is 68.1 Å². The molecule has 0 radical (unpaired) electrons. The van der Waals surface area contributed by atoms with Gasteiger partial charge in [0, 0.05) is 18.9 Å². The van der Waals surface area contributed by atoms with Crippen molar-refractivity contribution in [2.75, 3.05) is 14.1 Å². The summed E-state index contributed by atoms with van der Waals surface area (Å²) in [5.74, 6) is -0.316. The topological polar surface area (TPSA) is 40.5 Å². The van der Waals surface area contributed by atoms with Gasteiger partial charge in [0.05, 0.1) is 6.10 Å². The fourth-order valence-corrected chi connectivity index (χ4v) is 4.00. The molecule has 0 saturated heterocycles. The molecule has 0 heterocycles. The van der Waals surface area contributed by atoms with Crippen LogP contribution in [0.4, 0.5) is 4.39 Å². The molecule has 1 fully saturated rings. The van der Waals surface area contributed by atoms with Crippen LogP contribution in [0.15, 0.2) is 48.5 Å². The molecule has 144 valence electrons. The molecule has 0 amide bonds. The van der Waals surface area contributed by atoms with E-state index in [0.717, 1.165) is 18.5 Å². The van der Waals surface area contributed by atoms with Gasteiger partial charge in [0.1, 0.15) is 11.6 Å². The molecule has 1 aliphatic carbocycles. The van der Waals surface area contributed by atoms with Gasteiger partial charge in [0.2, 0.25) is 0 Å². The number of carbonyl (C=O) groups is 1. The zero-order chi connectivity index (χ0) is 19.4. The second-order valence-corrected chi connectivity index (χ2v) is 7.93. The number of hydrogen-bond donors (Lipinski definition) is 1. The van der Waals surface area contributed by atoms with Crippen LogP contribution in [0, 0.1) is 11.7 Å². The van der Waals surface area contributed by atoms with Crippen LogP contribution in [0.1, 0.15) is 41.9 Å². The largest absolute Gasteiger partial charge is 0.392 e. The van der Waals surface area contributed by atoms with Crippen LogP contribution in [-0.2, 0) is 17.8 Å². The van der Waals surface area contributed by atoms with E-state index in [4.69, 9.17) is 0 Å². The average molecular weight is 369 g/mol. The van der Waals surface area contributed by atoms with E-state index in [1.165, 1.54) is 23.3 Å². The SMILES string of the molecule is CN(C)Cc1ccc(C2CCC(O)C(C(=O)Cc3ccc(F)cc3)C2)cc1. The van der Waals surface area contributed by atoms with Crippen molar-refractivity contribution in [2.24, 2.45) is 5.92 Å². The number of aliphatic hydroxyl groups is 1. The molecule has 2 aromatic rings. The first-order valence-corrected chi connectivity index (χ1v) is 9.61. The maximum Gasteiger partial charge on any atom is 0.142 e. The first-order valence-electron chi connectivity index (χ1n) is 9.61. The van der Waals surface area contributed by atoms with Gasteiger partial charge in [-0.3, -0.25) is 4.79 Å². The van der Waals surface area contributed by atoms with E-state index in [9.17, 15) is 14.3 Å². The second kappa shape index (κ2) is 8.77. The molecule has 0 aliphatic heterocycles. The summed E-state index contributed by atoms with van der Waals surface area (Å²) in [5.41, 5.74) is 3.30. The van der Waals surface area contributed by atoms with E-state index in [1.807, 2.05) is 14.1 Å². The Balaban J connectivity index is 1.66. The predicted molar refractivity (Wildman–Crippen MR) is 105 cm³/mol. The predicted octanol–water partition coefficient (Wildman–Crippen LogP) is 3.94. The molecular formula is C23H28FNO2. The molecule has 1 saturated carbocycles. The monoisotopic (exact) mass is 369 g/mol. The van der Waals surface area contributed by atoms with Crippen molar-refractivity contribution >= 4 is 5.78 Å². The average Bonchev–Trinajstić information content (AvgIpc) is 2.64. The summed E-state index contributed by atoms with van der Waals surface area (Å²) in [5, 5.41) is 10.4. The number of benzene rings is 2. The zero-order valence-electron chi connectivity index (χ0n) is 16.1. The number of rotatable bonds is 6. The van der Waals surface area contributed by atoms with E-state index >= 15 is 0 Å². The quantitative estimate of drug-likeness (QED) is 0.838. The normalized spacial score (nSPS) is 22.8. The third-order valence-corrected chi connectivity index (χ3v) is 5.47.